The minimum atomic E-state index is -4.64. The van der Waals surface area contributed by atoms with Gasteiger partial charge in [-0.25, -0.2) is 8.42 Å². The van der Waals surface area contributed by atoms with Crippen LogP contribution in [0.3, 0.4) is 0 Å². The van der Waals surface area contributed by atoms with Gasteiger partial charge in [0.15, 0.2) is 0 Å². The van der Waals surface area contributed by atoms with Crippen molar-refractivity contribution < 1.29 is 40.7 Å². The number of amides is 2. The first-order valence-electron chi connectivity index (χ1n) is 13.6. The zero-order valence-corrected chi connectivity index (χ0v) is 24.6. The van der Waals surface area contributed by atoms with E-state index < -0.39 is 33.7 Å². The third-order valence-electron chi connectivity index (χ3n) is 7.14. The number of ether oxygens (including phenoxy) is 1. The fourth-order valence-corrected chi connectivity index (χ4v) is 6.15. The van der Waals surface area contributed by atoms with E-state index in [2.05, 4.69) is 23.9 Å². The molecule has 0 spiro atoms. The quantitative estimate of drug-likeness (QED) is 0.303. The highest BCUT2D eigenvalue weighted by Gasteiger charge is 2.41. The highest BCUT2D eigenvalue weighted by molar-refractivity contribution is 7.89. The van der Waals surface area contributed by atoms with E-state index in [0.717, 1.165) is 27.6 Å². The number of rotatable bonds is 11. The van der Waals surface area contributed by atoms with Gasteiger partial charge in [-0.15, -0.1) is 0 Å². The molecule has 1 aliphatic rings. The van der Waals surface area contributed by atoms with E-state index in [4.69, 9.17) is 0 Å². The Kier molecular flexibility index (Phi) is 11.1. The van der Waals surface area contributed by atoms with E-state index in [1.165, 1.54) is 12.0 Å². The van der Waals surface area contributed by atoms with Crippen molar-refractivity contribution in [3.05, 3.63) is 65.2 Å². The topological polar surface area (TPSA) is 113 Å². The van der Waals surface area contributed by atoms with Gasteiger partial charge in [0.25, 0.3) is 0 Å². The van der Waals surface area contributed by atoms with Crippen LogP contribution in [-0.4, -0.2) is 68.2 Å². The van der Waals surface area contributed by atoms with E-state index in [0.29, 0.717) is 30.9 Å². The monoisotopic (exact) mass is 611 g/mol. The molecule has 0 saturated carbocycles. The molecule has 3 rings (SSSR count). The van der Waals surface area contributed by atoms with Gasteiger partial charge in [0.05, 0.1) is 17.6 Å². The molecular formula is C29H36F3N3O6S. The second-order valence-corrected chi connectivity index (χ2v) is 12.3. The summed E-state index contributed by atoms with van der Waals surface area (Å²) in [7, 11) is -3.11. The first-order valence-corrected chi connectivity index (χ1v) is 15.1. The zero-order chi connectivity index (χ0) is 31.1. The Morgan fingerprint density at radius 2 is 1.60 bits per heavy atom. The van der Waals surface area contributed by atoms with Gasteiger partial charge in [-0.05, 0) is 54.2 Å². The average molecular weight is 612 g/mol. The maximum absolute atomic E-state index is 13.5. The summed E-state index contributed by atoms with van der Waals surface area (Å²) in [4.78, 5) is 38.6. The van der Waals surface area contributed by atoms with Crippen LogP contribution in [0.25, 0.3) is 0 Å². The van der Waals surface area contributed by atoms with Gasteiger partial charge >= 0.3 is 12.1 Å². The highest BCUT2D eigenvalue weighted by Crippen LogP contribution is 2.31. The summed E-state index contributed by atoms with van der Waals surface area (Å²) >= 11 is 0. The van der Waals surface area contributed by atoms with E-state index >= 15 is 0 Å². The fourth-order valence-electron chi connectivity index (χ4n) is 4.58. The molecule has 2 aromatic carbocycles. The lowest BCUT2D eigenvalue weighted by Crippen LogP contribution is -2.61. The standard InChI is InChI=1S/C29H36F3N3O6S/c1-20(2)22-10-8-21(9-11-22)18-33-28(38)25-19-34(26(36)6-4-5-7-27(37)41-3)16-17-35(25)42(39,40)24-14-12-23(13-15-24)29(30,31)32/h8-15,20,25H,4-7,16-19H2,1-3H3,(H,33,38)/t25-/m1/s1. The van der Waals surface area contributed by atoms with Crippen molar-refractivity contribution in [3.8, 4) is 0 Å². The summed E-state index contributed by atoms with van der Waals surface area (Å²) in [6.07, 6.45) is -3.55. The van der Waals surface area contributed by atoms with Gasteiger partial charge in [0, 0.05) is 39.0 Å². The Morgan fingerprint density at radius 3 is 2.17 bits per heavy atom. The summed E-state index contributed by atoms with van der Waals surface area (Å²) in [6, 6.07) is 9.37. The number of benzene rings is 2. The number of sulfonamides is 1. The van der Waals surface area contributed by atoms with Crippen LogP contribution in [-0.2, 0) is 41.9 Å². The molecule has 2 amide bonds. The van der Waals surface area contributed by atoms with Crippen molar-refractivity contribution >= 4 is 27.8 Å². The van der Waals surface area contributed by atoms with Gasteiger partial charge in [0.2, 0.25) is 21.8 Å². The van der Waals surface area contributed by atoms with Gasteiger partial charge in [-0.1, -0.05) is 38.1 Å². The van der Waals surface area contributed by atoms with Crippen LogP contribution in [0.5, 0.6) is 0 Å². The first kappa shape index (κ1) is 33.1. The molecule has 230 valence electrons. The number of unbranched alkanes of at least 4 members (excludes halogenated alkanes) is 1. The Balaban J connectivity index is 1.78. The molecule has 1 fully saturated rings. The predicted molar refractivity (Wildman–Crippen MR) is 149 cm³/mol. The number of hydrogen-bond donors (Lipinski definition) is 1. The lowest BCUT2D eigenvalue weighted by Gasteiger charge is -2.39. The predicted octanol–water partition coefficient (Wildman–Crippen LogP) is 4.08. The van der Waals surface area contributed by atoms with Crippen molar-refractivity contribution in [2.24, 2.45) is 0 Å². The zero-order valence-electron chi connectivity index (χ0n) is 23.8. The summed E-state index contributed by atoms with van der Waals surface area (Å²) in [5.41, 5.74) is 0.910. The third kappa shape index (κ3) is 8.54. The smallest absolute Gasteiger partial charge is 0.416 e. The molecule has 0 bridgehead atoms. The number of alkyl halides is 3. The normalized spacial score (nSPS) is 16.4. The summed E-state index contributed by atoms with van der Waals surface area (Å²) in [5.74, 6) is -1.00. The molecular weight excluding hydrogens is 575 g/mol. The van der Waals surface area contributed by atoms with Crippen LogP contribution in [0.4, 0.5) is 13.2 Å². The van der Waals surface area contributed by atoms with E-state index in [1.54, 1.807) is 0 Å². The summed E-state index contributed by atoms with van der Waals surface area (Å²) in [5, 5.41) is 2.75. The maximum atomic E-state index is 13.5. The summed E-state index contributed by atoms with van der Waals surface area (Å²) < 4.78 is 71.7. The molecule has 9 nitrogen and oxygen atoms in total. The van der Waals surface area contributed by atoms with Gasteiger partial charge < -0.3 is 15.0 Å². The molecule has 1 saturated heterocycles. The molecule has 1 aliphatic heterocycles. The Hall–Kier alpha value is -3.45. The molecule has 0 aliphatic carbocycles. The lowest BCUT2D eigenvalue weighted by atomic mass is 10.0. The number of nitrogens with one attached hydrogen (secondary N) is 1. The summed E-state index contributed by atoms with van der Waals surface area (Å²) in [6.45, 7) is 3.77. The number of carbonyl (C=O) groups excluding carboxylic acids is 3. The van der Waals surface area contributed by atoms with E-state index in [9.17, 15) is 36.0 Å². The molecule has 13 heteroatoms. The highest BCUT2D eigenvalue weighted by atomic mass is 32.2. The number of halogens is 3. The number of esters is 1. The van der Waals surface area contributed by atoms with Crippen LogP contribution in [0.15, 0.2) is 53.4 Å². The van der Waals surface area contributed by atoms with Crippen molar-refractivity contribution in [2.75, 3.05) is 26.7 Å². The van der Waals surface area contributed by atoms with E-state index in [-0.39, 0.29) is 55.8 Å². The molecule has 42 heavy (non-hydrogen) atoms. The van der Waals surface area contributed by atoms with Crippen LogP contribution in [0.1, 0.15) is 62.1 Å². The van der Waals surface area contributed by atoms with Crippen molar-refractivity contribution in [1.82, 2.24) is 14.5 Å². The fraction of sp³-hybridized carbons (Fsp3) is 0.483. The molecule has 2 aromatic rings. The van der Waals surface area contributed by atoms with Crippen molar-refractivity contribution in [2.45, 2.75) is 69.1 Å². The average Bonchev–Trinajstić information content (AvgIpc) is 2.97. The molecule has 0 unspecified atom stereocenters. The SMILES string of the molecule is COC(=O)CCCCC(=O)N1CCN(S(=O)(=O)c2ccc(C(F)(F)F)cc2)[C@@H](C(=O)NCc2ccc(C(C)C)cc2)C1. The third-order valence-corrected chi connectivity index (χ3v) is 9.06. The molecule has 1 N–H and O–H groups in total. The Morgan fingerprint density at radius 1 is 0.976 bits per heavy atom. The van der Waals surface area contributed by atoms with Crippen molar-refractivity contribution in [3.63, 3.8) is 0 Å². The minimum Gasteiger partial charge on any atom is -0.469 e. The lowest BCUT2D eigenvalue weighted by molar-refractivity contribution is -0.141. The van der Waals surface area contributed by atoms with Gasteiger partial charge in [-0.2, -0.15) is 17.5 Å². The Labute approximate surface area is 244 Å². The van der Waals surface area contributed by atoms with Crippen LogP contribution in [0.2, 0.25) is 0 Å². The van der Waals surface area contributed by atoms with Crippen LogP contribution in [0, 0.1) is 0 Å². The number of hydrogen-bond acceptors (Lipinski definition) is 6. The second kappa shape index (κ2) is 14.1. The number of methoxy groups -OCH3 is 1. The minimum absolute atomic E-state index is 0.00383. The number of nitrogens with zero attached hydrogens (tertiary/aromatic N) is 2. The Bertz CT molecular complexity index is 1350. The van der Waals surface area contributed by atoms with E-state index in [1.807, 2.05) is 24.3 Å². The molecule has 0 radical (unpaired) electrons. The maximum Gasteiger partial charge on any atom is 0.416 e. The molecule has 1 atom stereocenters. The molecule has 0 aromatic heterocycles. The molecule has 1 heterocycles. The largest absolute Gasteiger partial charge is 0.469 e. The van der Waals surface area contributed by atoms with Crippen LogP contribution < -0.4 is 5.32 Å². The van der Waals surface area contributed by atoms with Gasteiger partial charge in [0.1, 0.15) is 6.04 Å². The number of piperazine rings is 1. The van der Waals surface area contributed by atoms with Crippen molar-refractivity contribution in [1.29, 1.82) is 0 Å². The number of carbonyl (C=O) groups is 3. The first-order chi connectivity index (χ1) is 19.7. The second-order valence-electron chi connectivity index (χ2n) is 10.4. The van der Waals surface area contributed by atoms with Gasteiger partial charge in [-0.3, -0.25) is 14.4 Å². The van der Waals surface area contributed by atoms with Crippen LogP contribution >= 0.6 is 0 Å².